The van der Waals surface area contributed by atoms with Gasteiger partial charge in [-0.3, -0.25) is 4.55 Å². The first-order valence-electron chi connectivity index (χ1n) is 12.8. The van der Waals surface area contributed by atoms with E-state index in [4.69, 9.17) is 18.8 Å². The maximum atomic E-state index is 13.8. The minimum atomic E-state index is -5.93. The number of halogens is 2. The Hall–Kier alpha value is -1.37. The highest BCUT2D eigenvalue weighted by Gasteiger charge is 2.62. The Morgan fingerprint density at radius 3 is 2.03 bits per heavy atom. The molecule has 0 aromatic carbocycles. The van der Waals surface area contributed by atoms with E-state index in [2.05, 4.69) is 0 Å². The van der Waals surface area contributed by atoms with E-state index in [1.54, 1.807) is 0 Å². The minimum Gasteiger partial charge on any atom is -0.457 e. The van der Waals surface area contributed by atoms with Gasteiger partial charge in [0, 0.05) is 6.42 Å². The van der Waals surface area contributed by atoms with Crippen molar-refractivity contribution in [3.05, 3.63) is 0 Å². The van der Waals surface area contributed by atoms with Gasteiger partial charge < -0.3 is 19.3 Å². The molecule has 9 nitrogen and oxygen atoms in total. The molecule has 8 rings (SSSR count). The van der Waals surface area contributed by atoms with Crippen LogP contribution in [0.15, 0.2) is 0 Å². The van der Waals surface area contributed by atoms with Gasteiger partial charge in [0.1, 0.15) is 18.3 Å². The van der Waals surface area contributed by atoms with Gasteiger partial charge in [-0.05, 0) is 93.8 Å². The number of rotatable bonds is 7. The van der Waals surface area contributed by atoms with Crippen LogP contribution in [-0.2, 0) is 33.9 Å². The van der Waals surface area contributed by atoms with Crippen LogP contribution in [0, 0.1) is 29.6 Å². The molecule has 0 aliphatic heterocycles. The monoisotopic (exact) mass is 534 g/mol. The molecule has 0 saturated heterocycles. The molecule has 0 amide bonds. The Morgan fingerprint density at radius 2 is 1.47 bits per heavy atom. The van der Waals surface area contributed by atoms with E-state index in [0.717, 1.165) is 32.1 Å². The third kappa shape index (κ3) is 4.06. The molecule has 8 aliphatic rings. The van der Waals surface area contributed by atoms with Gasteiger partial charge in [-0.15, -0.1) is 0 Å². The largest absolute Gasteiger partial charge is 0.465 e. The predicted octanol–water partition coefficient (Wildman–Crippen LogP) is 2.60. The summed E-state index contributed by atoms with van der Waals surface area (Å²) >= 11 is 0. The predicted molar refractivity (Wildman–Crippen MR) is 117 cm³/mol. The summed E-state index contributed by atoms with van der Waals surface area (Å²) in [6.45, 7) is -0.243. The van der Waals surface area contributed by atoms with Crippen LogP contribution in [0.2, 0.25) is 0 Å². The normalized spacial score (nSPS) is 46.7. The fourth-order valence-corrected chi connectivity index (χ4v) is 9.56. The smallest absolute Gasteiger partial charge is 0.457 e. The fourth-order valence-electron chi connectivity index (χ4n) is 9.30. The van der Waals surface area contributed by atoms with Gasteiger partial charge in [-0.25, -0.2) is 9.59 Å². The Labute approximate surface area is 208 Å². The van der Waals surface area contributed by atoms with Crippen molar-refractivity contribution < 1.29 is 50.7 Å². The zero-order valence-electron chi connectivity index (χ0n) is 19.9. The molecule has 0 spiro atoms. The topological polar surface area (TPSA) is 136 Å². The van der Waals surface area contributed by atoms with Gasteiger partial charge in [-0.2, -0.15) is 17.2 Å². The molecule has 202 valence electrons. The molecule has 0 aromatic rings. The average molecular weight is 535 g/mol. The molecule has 8 aliphatic carbocycles. The average Bonchev–Trinajstić information content (AvgIpc) is 2.71. The molecule has 4 unspecified atom stereocenters. The molecule has 2 N–H and O–H groups in total. The first kappa shape index (κ1) is 24.9. The van der Waals surface area contributed by atoms with E-state index >= 15 is 0 Å². The van der Waals surface area contributed by atoms with Crippen LogP contribution in [0.5, 0.6) is 0 Å². The molecule has 0 aromatic heterocycles. The number of ether oxygens (including phenoxy) is 3. The highest BCUT2D eigenvalue weighted by molar-refractivity contribution is 7.87. The Balaban J connectivity index is 1.08. The quantitative estimate of drug-likeness (QED) is 0.373. The molecule has 4 atom stereocenters. The lowest BCUT2D eigenvalue weighted by Crippen LogP contribution is -2.61. The van der Waals surface area contributed by atoms with E-state index in [0.29, 0.717) is 50.4 Å². The van der Waals surface area contributed by atoms with Crippen molar-refractivity contribution in [3.8, 4) is 0 Å². The van der Waals surface area contributed by atoms with Gasteiger partial charge in [-0.1, -0.05) is 0 Å². The number of carbonyl (C=O) groups is 2. The Morgan fingerprint density at radius 1 is 0.889 bits per heavy atom. The minimum absolute atomic E-state index is 0.230. The number of alkyl halides is 2. The number of aliphatic hydroxyl groups is 1. The Bertz CT molecular complexity index is 1050. The van der Waals surface area contributed by atoms with Crippen molar-refractivity contribution in [2.45, 2.75) is 98.8 Å². The van der Waals surface area contributed by atoms with E-state index in [1.165, 1.54) is 0 Å². The summed E-state index contributed by atoms with van der Waals surface area (Å²) in [4.78, 5) is 24.8. The fraction of sp³-hybridized carbons (Fsp3) is 0.917. The molecule has 8 fully saturated rings. The number of hydrogen-bond acceptors (Lipinski definition) is 8. The van der Waals surface area contributed by atoms with Crippen molar-refractivity contribution in [2.24, 2.45) is 29.6 Å². The third-order valence-electron chi connectivity index (χ3n) is 9.74. The van der Waals surface area contributed by atoms with Gasteiger partial charge in [0.15, 0.2) is 0 Å². The van der Waals surface area contributed by atoms with Gasteiger partial charge >= 0.3 is 27.3 Å². The van der Waals surface area contributed by atoms with Crippen LogP contribution in [-0.4, -0.2) is 64.8 Å². The first-order chi connectivity index (χ1) is 16.7. The number of carbonyl (C=O) groups excluding carboxylic acids is 2. The zero-order valence-corrected chi connectivity index (χ0v) is 20.7. The summed E-state index contributed by atoms with van der Waals surface area (Å²) in [5, 5.41) is 5.87. The molecule has 36 heavy (non-hydrogen) atoms. The van der Waals surface area contributed by atoms with Gasteiger partial charge in [0.25, 0.3) is 0 Å². The second-order valence-electron chi connectivity index (χ2n) is 12.6. The van der Waals surface area contributed by atoms with E-state index in [-0.39, 0.29) is 24.4 Å². The zero-order chi connectivity index (χ0) is 25.7. The highest BCUT2D eigenvalue weighted by Crippen LogP contribution is 2.60. The van der Waals surface area contributed by atoms with Crippen LogP contribution < -0.4 is 0 Å². The summed E-state index contributed by atoms with van der Waals surface area (Å²) in [6, 6.07) is 0. The molecule has 8 saturated carbocycles. The van der Waals surface area contributed by atoms with Crippen molar-refractivity contribution in [3.63, 3.8) is 0 Å². The lowest BCUT2D eigenvalue weighted by molar-refractivity contribution is -0.236. The second kappa shape index (κ2) is 7.83. The molecule has 12 heteroatoms. The second-order valence-corrected chi connectivity index (χ2v) is 14.1. The van der Waals surface area contributed by atoms with Gasteiger partial charge in [0.2, 0.25) is 0 Å². The van der Waals surface area contributed by atoms with Crippen LogP contribution in [0.1, 0.15) is 70.6 Å². The molecule has 8 bridgehead atoms. The summed E-state index contributed by atoms with van der Waals surface area (Å²) in [5.74, 6) is -2.35. The van der Waals surface area contributed by atoms with Gasteiger partial charge in [0.05, 0.1) is 11.2 Å². The lowest BCUT2D eigenvalue weighted by atomic mass is 9.52. The van der Waals surface area contributed by atoms with E-state index in [9.17, 15) is 31.9 Å². The Kier molecular flexibility index (Phi) is 5.42. The summed E-state index contributed by atoms with van der Waals surface area (Å²) in [6.07, 6.45) is 6.52. The lowest BCUT2D eigenvalue weighted by Gasteiger charge is -2.59. The SMILES string of the molecule is O=C(COC12CC3CC(C1)C(OC(=O)C(F)(F)S(=O)(=O)O)C(C3)C2)OC12CC3CC(CC(O)(C3)C1)C2. The highest BCUT2D eigenvalue weighted by atomic mass is 32.2. The van der Waals surface area contributed by atoms with Crippen molar-refractivity contribution >= 4 is 22.1 Å². The van der Waals surface area contributed by atoms with Crippen molar-refractivity contribution in [2.75, 3.05) is 6.61 Å². The maximum absolute atomic E-state index is 13.8. The maximum Gasteiger partial charge on any atom is 0.465 e. The van der Waals surface area contributed by atoms with Crippen LogP contribution in [0.25, 0.3) is 0 Å². The van der Waals surface area contributed by atoms with Crippen molar-refractivity contribution in [1.82, 2.24) is 0 Å². The standard InChI is InChI=1S/C24H32F2O9S/c25-24(26,36(30,31)32)20(28)34-19-16-2-13-3-17(19)10-22(6-13,9-16)33-11-18(27)35-23-7-14-1-15(8-23)5-21(29,4-14)12-23/h13-17,19,29H,1-12H2,(H,30,31,32). The van der Waals surface area contributed by atoms with Crippen LogP contribution in [0.4, 0.5) is 8.78 Å². The molecular formula is C24H32F2O9S. The first-order valence-corrected chi connectivity index (χ1v) is 14.3. The summed E-state index contributed by atoms with van der Waals surface area (Å²) in [5.41, 5.74) is -2.02. The number of esters is 2. The van der Waals surface area contributed by atoms with Crippen LogP contribution in [0.3, 0.4) is 0 Å². The number of hydrogen-bond donors (Lipinski definition) is 2. The van der Waals surface area contributed by atoms with Crippen LogP contribution >= 0.6 is 0 Å². The van der Waals surface area contributed by atoms with E-state index in [1.807, 2.05) is 0 Å². The van der Waals surface area contributed by atoms with E-state index < -0.39 is 50.2 Å². The summed E-state index contributed by atoms with van der Waals surface area (Å²) in [7, 11) is -5.93. The summed E-state index contributed by atoms with van der Waals surface area (Å²) < 4.78 is 75.1. The molecular weight excluding hydrogens is 502 g/mol. The molecule has 0 heterocycles. The third-order valence-corrected chi connectivity index (χ3v) is 10.6. The molecule has 0 radical (unpaired) electrons. The van der Waals surface area contributed by atoms with Crippen molar-refractivity contribution in [1.29, 1.82) is 0 Å².